The summed E-state index contributed by atoms with van der Waals surface area (Å²) in [7, 11) is 3.06. The van der Waals surface area contributed by atoms with Crippen molar-refractivity contribution < 1.29 is 18.8 Å². The number of ether oxygens (including phenoxy) is 2. The van der Waals surface area contributed by atoms with Crippen molar-refractivity contribution in [2.24, 2.45) is 0 Å². The molecule has 0 aliphatic rings. The summed E-state index contributed by atoms with van der Waals surface area (Å²) in [5, 5.41) is 7.19. The Kier molecular flexibility index (Phi) is 4.48. The predicted molar refractivity (Wildman–Crippen MR) is 94.0 cm³/mol. The molecule has 3 aromatic rings. The molecule has 0 unspecified atom stereocenters. The van der Waals surface area contributed by atoms with Crippen LogP contribution in [0.3, 0.4) is 0 Å². The molecule has 0 spiro atoms. The molecule has 0 radical (unpaired) electrons. The summed E-state index contributed by atoms with van der Waals surface area (Å²) in [6, 6.07) is 11.8. The van der Waals surface area contributed by atoms with Crippen LogP contribution in [0.15, 0.2) is 47.0 Å². The third-order valence-corrected chi connectivity index (χ3v) is 3.77. The van der Waals surface area contributed by atoms with E-state index < -0.39 is 6.03 Å². The topological polar surface area (TPSA) is 76.8 Å². The van der Waals surface area contributed by atoms with E-state index in [0.717, 1.165) is 4.31 Å². The summed E-state index contributed by atoms with van der Waals surface area (Å²) >= 11 is 4.24. The van der Waals surface area contributed by atoms with Gasteiger partial charge in [-0.1, -0.05) is 36.2 Å². The van der Waals surface area contributed by atoms with Gasteiger partial charge in [0.25, 0.3) is 0 Å². The van der Waals surface area contributed by atoms with Crippen LogP contribution in [0.2, 0.25) is 0 Å². The fourth-order valence-corrected chi connectivity index (χ4v) is 2.46. The highest BCUT2D eigenvalue weighted by Gasteiger charge is 2.22. The summed E-state index contributed by atoms with van der Waals surface area (Å²) in [5.74, 6) is 1.31. The quantitative estimate of drug-likeness (QED) is 0.705. The van der Waals surface area contributed by atoms with Gasteiger partial charge in [-0.05, 0) is 24.3 Å². The normalized spacial score (nSPS) is 10.5. The van der Waals surface area contributed by atoms with Crippen molar-refractivity contribution in [3.63, 3.8) is 0 Å². The number of nitrogens with zero attached hydrogens (tertiary/aromatic N) is 2. The minimum atomic E-state index is -0.510. The highest BCUT2D eigenvalue weighted by Crippen LogP contribution is 2.35. The number of para-hydroxylation sites is 2. The molecule has 7 nitrogen and oxygen atoms in total. The third kappa shape index (κ3) is 2.83. The van der Waals surface area contributed by atoms with Crippen LogP contribution in [-0.2, 0) is 0 Å². The van der Waals surface area contributed by atoms with Gasteiger partial charge in [0.05, 0.1) is 19.9 Å². The molecule has 0 bridgehead atoms. The van der Waals surface area contributed by atoms with Gasteiger partial charge in [0, 0.05) is 0 Å². The number of fused-ring (bicyclic) bond motifs is 1. The molecule has 0 fully saturated rings. The molecule has 0 aliphatic heterocycles. The average Bonchev–Trinajstić information content (AvgIpc) is 3.05. The SMILES string of the molecule is COc1ccccc1NC(=O)N(S)c1noc2cccc(OC)c12. The zero-order valence-electron chi connectivity index (χ0n) is 13.0. The van der Waals surface area contributed by atoms with E-state index in [1.165, 1.54) is 14.2 Å². The number of benzene rings is 2. The van der Waals surface area contributed by atoms with E-state index in [2.05, 4.69) is 23.3 Å². The van der Waals surface area contributed by atoms with E-state index >= 15 is 0 Å². The first-order chi connectivity index (χ1) is 11.7. The highest BCUT2D eigenvalue weighted by molar-refractivity contribution is 7.82. The van der Waals surface area contributed by atoms with Gasteiger partial charge in [0.15, 0.2) is 5.58 Å². The van der Waals surface area contributed by atoms with E-state index in [1.54, 1.807) is 36.4 Å². The lowest BCUT2D eigenvalue weighted by atomic mass is 10.2. The number of amides is 2. The largest absolute Gasteiger partial charge is 0.496 e. The van der Waals surface area contributed by atoms with E-state index in [9.17, 15) is 4.79 Å². The lowest BCUT2D eigenvalue weighted by Gasteiger charge is -2.16. The van der Waals surface area contributed by atoms with Crippen LogP contribution < -0.4 is 19.1 Å². The van der Waals surface area contributed by atoms with E-state index in [0.29, 0.717) is 28.2 Å². The van der Waals surface area contributed by atoms with Gasteiger partial charge in [-0.25, -0.2) is 9.10 Å². The first-order valence-electron chi connectivity index (χ1n) is 7.01. The number of hydrogen-bond donors (Lipinski definition) is 2. The highest BCUT2D eigenvalue weighted by atomic mass is 32.1. The van der Waals surface area contributed by atoms with Gasteiger partial charge < -0.3 is 19.3 Å². The van der Waals surface area contributed by atoms with E-state index in [4.69, 9.17) is 14.0 Å². The molecule has 0 aliphatic carbocycles. The lowest BCUT2D eigenvalue weighted by molar-refractivity contribution is 0.260. The molecule has 24 heavy (non-hydrogen) atoms. The van der Waals surface area contributed by atoms with Gasteiger partial charge in [-0.2, -0.15) is 0 Å². The van der Waals surface area contributed by atoms with Crippen molar-refractivity contribution in [3.05, 3.63) is 42.5 Å². The molecule has 1 heterocycles. The predicted octanol–water partition coefficient (Wildman–Crippen LogP) is 3.73. The van der Waals surface area contributed by atoms with Crippen LogP contribution in [0.25, 0.3) is 11.0 Å². The maximum Gasteiger partial charge on any atom is 0.337 e. The first-order valence-corrected chi connectivity index (χ1v) is 7.41. The van der Waals surface area contributed by atoms with Crippen LogP contribution in [0.5, 0.6) is 11.5 Å². The molecule has 0 saturated heterocycles. The summed E-state index contributed by atoms with van der Waals surface area (Å²) in [5.41, 5.74) is 1.01. The smallest absolute Gasteiger partial charge is 0.337 e. The third-order valence-electron chi connectivity index (χ3n) is 3.40. The molecule has 8 heteroatoms. The zero-order valence-corrected chi connectivity index (χ0v) is 13.9. The van der Waals surface area contributed by atoms with Crippen molar-refractivity contribution in [1.82, 2.24) is 5.16 Å². The molecule has 0 saturated carbocycles. The van der Waals surface area contributed by atoms with Crippen LogP contribution in [-0.4, -0.2) is 25.4 Å². The monoisotopic (exact) mass is 345 g/mol. The Morgan fingerprint density at radius 2 is 1.83 bits per heavy atom. The molecule has 1 N–H and O–H groups in total. The second-order valence-corrected chi connectivity index (χ2v) is 5.18. The summed E-state index contributed by atoms with van der Waals surface area (Å²) in [4.78, 5) is 12.5. The zero-order chi connectivity index (χ0) is 17.1. The summed E-state index contributed by atoms with van der Waals surface area (Å²) < 4.78 is 16.8. The summed E-state index contributed by atoms with van der Waals surface area (Å²) in [6.07, 6.45) is 0. The van der Waals surface area contributed by atoms with Crippen LogP contribution in [0.1, 0.15) is 0 Å². The molecular weight excluding hydrogens is 330 g/mol. The van der Waals surface area contributed by atoms with Gasteiger partial charge in [0.1, 0.15) is 16.9 Å². The Hall–Kier alpha value is -2.87. The van der Waals surface area contributed by atoms with Gasteiger partial charge >= 0.3 is 6.03 Å². The van der Waals surface area contributed by atoms with Crippen molar-refractivity contribution in [1.29, 1.82) is 0 Å². The molecule has 1 aromatic heterocycles. The van der Waals surface area contributed by atoms with Crippen molar-refractivity contribution in [3.8, 4) is 11.5 Å². The minimum Gasteiger partial charge on any atom is -0.496 e. The van der Waals surface area contributed by atoms with Crippen molar-refractivity contribution in [2.45, 2.75) is 0 Å². The fraction of sp³-hybridized carbons (Fsp3) is 0.125. The molecule has 0 atom stereocenters. The van der Waals surface area contributed by atoms with E-state index in [-0.39, 0.29) is 5.82 Å². The Balaban J connectivity index is 1.91. The number of carbonyl (C=O) groups excluding carboxylic acids is 1. The number of nitrogens with one attached hydrogen (secondary N) is 1. The van der Waals surface area contributed by atoms with Gasteiger partial charge in [0.2, 0.25) is 5.82 Å². The minimum absolute atomic E-state index is 0.234. The number of urea groups is 1. The number of aromatic nitrogens is 1. The Labute approximate surface area is 143 Å². The maximum absolute atomic E-state index is 12.5. The van der Waals surface area contributed by atoms with Crippen molar-refractivity contribution in [2.75, 3.05) is 23.8 Å². The van der Waals surface area contributed by atoms with Crippen LogP contribution in [0, 0.1) is 0 Å². The number of anilines is 2. The second kappa shape index (κ2) is 6.71. The number of methoxy groups -OCH3 is 2. The van der Waals surface area contributed by atoms with Gasteiger partial charge in [-0.15, -0.1) is 0 Å². The number of hydrogen-bond acceptors (Lipinski definition) is 6. The lowest BCUT2D eigenvalue weighted by Crippen LogP contribution is -2.27. The molecule has 2 amide bonds. The molecule has 2 aromatic carbocycles. The molecule has 124 valence electrons. The maximum atomic E-state index is 12.5. The average molecular weight is 345 g/mol. The molecule has 3 rings (SSSR count). The second-order valence-electron chi connectivity index (χ2n) is 4.78. The standard InChI is InChI=1S/C16H15N3O4S/c1-21-11-7-4-3-6-10(11)17-16(20)19(24)15-14-12(22-2)8-5-9-13(14)23-18-15/h3-9,24H,1-2H3,(H,17,20). The Morgan fingerprint density at radius 3 is 2.58 bits per heavy atom. The fourth-order valence-electron chi connectivity index (χ4n) is 2.27. The van der Waals surface area contributed by atoms with E-state index in [1.807, 2.05) is 6.07 Å². The first kappa shape index (κ1) is 16.0. The number of rotatable bonds is 4. The van der Waals surface area contributed by atoms with Gasteiger partial charge in [-0.3, -0.25) is 0 Å². The summed E-state index contributed by atoms with van der Waals surface area (Å²) in [6.45, 7) is 0. The molecular formula is C16H15N3O4S. The van der Waals surface area contributed by atoms with Crippen LogP contribution in [0.4, 0.5) is 16.3 Å². The number of carbonyl (C=O) groups is 1. The van der Waals surface area contributed by atoms with Crippen LogP contribution >= 0.6 is 12.8 Å². The Morgan fingerprint density at radius 1 is 1.12 bits per heavy atom. The van der Waals surface area contributed by atoms with Crippen molar-refractivity contribution >= 4 is 41.3 Å². The Bertz CT molecular complexity index is 881. The number of thiol groups is 1.